The molecular weight excluding hydrogens is 248 g/mol. The molecule has 2 rings (SSSR count). The second-order valence-electron chi connectivity index (χ2n) is 7.29. The molecule has 0 aromatic heterocycles. The molecule has 1 saturated carbocycles. The number of rotatable bonds is 5. The van der Waals surface area contributed by atoms with Gasteiger partial charge in [0.05, 0.1) is 6.10 Å². The summed E-state index contributed by atoms with van der Waals surface area (Å²) in [6.07, 6.45) is 8.61. The van der Waals surface area contributed by atoms with Crippen molar-refractivity contribution in [2.45, 2.75) is 64.0 Å². The average molecular weight is 282 g/mol. The van der Waals surface area contributed by atoms with Gasteiger partial charge >= 0.3 is 0 Å². The van der Waals surface area contributed by atoms with Crippen molar-refractivity contribution in [3.63, 3.8) is 0 Å². The molecule has 3 unspecified atom stereocenters. The SMILES string of the molecule is CCCC1CCC(O)C(N(C)CC2CCN(C)CC2)C1. The highest BCUT2D eigenvalue weighted by atomic mass is 16.3. The number of nitrogens with zero attached hydrogens (tertiary/aromatic N) is 2. The molecule has 3 heteroatoms. The lowest BCUT2D eigenvalue weighted by Gasteiger charge is -2.41. The van der Waals surface area contributed by atoms with E-state index in [4.69, 9.17) is 0 Å². The molecule has 1 aliphatic heterocycles. The number of likely N-dealkylation sites (N-methyl/N-ethyl adjacent to an activating group) is 1. The summed E-state index contributed by atoms with van der Waals surface area (Å²) in [5, 5.41) is 10.3. The molecule has 3 nitrogen and oxygen atoms in total. The molecule has 0 aromatic rings. The van der Waals surface area contributed by atoms with Gasteiger partial charge in [-0.1, -0.05) is 19.8 Å². The lowest BCUT2D eigenvalue weighted by atomic mass is 9.80. The Bertz CT molecular complexity index is 276. The molecule has 20 heavy (non-hydrogen) atoms. The fourth-order valence-corrected chi connectivity index (χ4v) is 4.15. The van der Waals surface area contributed by atoms with Crippen LogP contribution >= 0.6 is 0 Å². The minimum atomic E-state index is -0.0978. The van der Waals surface area contributed by atoms with E-state index in [1.165, 1.54) is 58.2 Å². The van der Waals surface area contributed by atoms with Gasteiger partial charge in [0, 0.05) is 12.6 Å². The van der Waals surface area contributed by atoms with E-state index < -0.39 is 0 Å². The van der Waals surface area contributed by atoms with Gasteiger partial charge in [-0.15, -0.1) is 0 Å². The Kier molecular flexibility index (Phi) is 6.31. The lowest BCUT2D eigenvalue weighted by Crippen LogP contribution is -2.48. The van der Waals surface area contributed by atoms with Crippen LogP contribution < -0.4 is 0 Å². The second kappa shape index (κ2) is 7.77. The van der Waals surface area contributed by atoms with Gasteiger partial charge in [0.15, 0.2) is 0 Å². The molecule has 3 atom stereocenters. The first-order valence-electron chi connectivity index (χ1n) is 8.67. The Morgan fingerprint density at radius 1 is 1.10 bits per heavy atom. The maximum atomic E-state index is 10.3. The van der Waals surface area contributed by atoms with Crippen LogP contribution in [0.25, 0.3) is 0 Å². The summed E-state index contributed by atoms with van der Waals surface area (Å²) in [6.45, 7) is 5.94. The molecule has 1 N–H and O–H groups in total. The predicted octanol–water partition coefficient (Wildman–Crippen LogP) is 2.59. The molecule has 118 valence electrons. The van der Waals surface area contributed by atoms with Crippen molar-refractivity contribution in [3.05, 3.63) is 0 Å². The fraction of sp³-hybridized carbons (Fsp3) is 1.00. The van der Waals surface area contributed by atoms with E-state index in [9.17, 15) is 5.11 Å². The zero-order valence-electron chi connectivity index (χ0n) is 13.7. The summed E-state index contributed by atoms with van der Waals surface area (Å²) in [5.74, 6) is 1.67. The maximum Gasteiger partial charge on any atom is 0.0695 e. The lowest BCUT2D eigenvalue weighted by molar-refractivity contribution is 0.00344. The first-order chi connectivity index (χ1) is 9.60. The predicted molar refractivity (Wildman–Crippen MR) is 84.9 cm³/mol. The largest absolute Gasteiger partial charge is 0.391 e. The van der Waals surface area contributed by atoms with Crippen LogP contribution in [0.15, 0.2) is 0 Å². The summed E-state index contributed by atoms with van der Waals surface area (Å²) < 4.78 is 0. The zero-order valence-corrected chi connectivity index (χ0v) is 13.7. The highest BCUT2D eigenvalue weighted by Crippen LogP contribution is 2.31. The van der Waals surface area contributed by atoms with Gasteiger partial charge < -0.3 is 14.9 Å². The van der Waals surface area contributed by atoms with Crippen LogP contribution in [0, 0.1) is 11.8 Å². The van der Waals surface area contributed by atoms with Gasteiger partial charge in [-0.2, -0.15) is 0 Å². The Morgan fingerprint density at radius 3 is 2.45 bits per heavy atom. The smallest absolute Gasteiger partial charge is 0.0695 e. The molecule has 0 bridgehead atoms. The Morgan fingerprint density at radius 2 is 1.80 bits per heavy atom. The first-order valence-corrected chi connectivity index (χ1v) is 8.67. The number of hydrogen-bond donors (Lipinski definition) is 1. The maximum absolute atomic E-state index is 10.3. The standard InChI is InChI=1S/C17H34N2O/c1-4-5-14-6-7-17(20)16(12-14)19(3)13-15-8-10-18(2)11-9-15/h14-17,20H,4-13H2,1-3H3. The molecule has 1 aliphatic carbocycles. The second-order valence-corrected chi connectivity index (χ2v) is 7.29. The van der Waals surface area contributed by atoms with Crippen molar-refractivity contribution < 1.29 is 5.11 Å². The van der Waals surface area contributed by atoms with Crippen LogP contribution in [0.4, 0.5) is 0 Å². The Labute approximate surface area is 125 Å². The first kappa shape index (κ1) is 16.3. The van der Waals surface area contributed by atoms with Crippen molar-refractivity contribution in [1.82, 2.24) is 9.80 Å². The van der Waals surface area contributed by atoms with Crippen LogP contribution in [0.5, 0.6) is 0 Å². The Hall–Kier alpha value is -0.120. The molecule has 2 fully saturated rings. The third-order valence-electron chi connectivity index (χ3n) is 5.54. The Balaban J connectivity index is 1.81. The van der Waals surface area contributed by atoms with Crippen molar-refractivity contribution in [3.8, 4) is 0 Å². The molecule has 0 radical (unpaired) electrons. The number of piperidine rings is 1. The molecular formula is C17H34N2O. The third kappa shape index (κ3) is 4.44. The third-order valence-corrected chi connectivity index (χ3v) is 5.54. The van der Waals surface area contributed by atoms with Crippen LogP contribution in [-0.4, -0.2) is 60.8 Å². The van der Waals surface area contributed by atoms with Gasteiger partial charge in [-0.05, 0) is 71.1 Å². The minimum absolute atomic E-state index is 0.0978. The van der Waals surface area contributed by atoms with Crippen LogP contribution in [0.2, 0.25) is 0 Å². The quantitative estimate of drug-likeness (QED) is 0.839. The van der Waals surface area contributed by atoms with Crippen molar-refractivity contribution >= 4 is 0 Å². The van der Waals surface area contributed by atoms with Crippen LogP contribution in [-0.2, 0) is 0 Å². The fourth-order valence-electron chi connectivity index (χ4n) is 4.15. The normalized spacial score (nSPS) is 33.8. The van der Waals surface area contributed by atoms with Gasteiger partial charge in [0.2, 0.25) is 0 Å². The molecule has 0 spiro atoms. The van der Waals surface area contributed by atoms with Gasteiger partial charge in [0.25, 0.3) is 0 Å². The van der Waals surface area contributed by atoms with Crippen LogP contribution in [0.3, 0.4) is 0 Å². The van der Waals surface area contributed by atoms with E-state index in [-0.39, 0.29) is 6.10 Å². The number of likely N-dealkylation sites (tertiary alicyclic amines) is 1. The molecule has 2 aliphatic rings. The monoisotopic (exact) mass is 282 g/mol. The van der Waals surface area contributed by atoms with E-state index in [1.807, 2.05) is 0 Å². The topological polar surface area (TPSA) is 26.7 Å². The van der Waals surface area contributed by atoms with Gasteiger partial charge in [-0.3, -0.25) is 0 Å². The van der Waals surface area contributed by atoms with E-state index in [0.717, 1.165) is 18.3 Å². The summed E-state index contributed by atoms with van der Waals surface area (Å²) >= 11 is 0. The molecule has 0 amide bonds. The van der Waals surface area contributed by atoms with E-state index in [2.05, 4.69) is 30.8 Å². The minimum Gasteiger partial charge on any atom is -0.391 e. The molecule has 1 saturated heterocycles. The highest BCUT2D eigenvalue weighted by molar-refractivity contribution is 4.87. The van der Waals surface area contributed by atoms with Gasteiger partial charge in [-0.25, -0.2) is 0 Å². The van der Waals surface area contributed by atoms with E-state index >= 15 is 0 Å². The van der Waals surface area contributed by atoms with E-state index in [0.29, 0.717) is 6.04 Å². The van der Waals surface area contributed by atoms with E-state index in [1.54, 1.807) is 0 Å². The highest BCUT2D eigenvalue weighted by Gasteiger charge is 2.32. The summed E-state index contributed by atoms with van der Waals surface area (Å²) in [6, 6.07) is 0.403. The number of hydrogen-bond acceptors (Lipinski definition) is 3. The number of aliphatic hydroxyl groups is 1. The number of aliphatic hydroxyl groups excluding tert-OH is 1. The summed E-state index contributed by atoms with van der Waals surface area (Å²) in [5.41, 5.74) is 0. The zero-order chi connectivity index (χ0) is 14.5. The molecule has 0 aromatic carbocycles. The van der Waals surface area contributed by atoms with Crippen molar-refractivity contribution in [2.24, 2.45) is 11.8 Å². The van der Waals surface area contributed by atoms with Crippen LogP contribution in [0.1, 0.15) is 51.9 Å². The molecule has 1 heterocycles. The van der Waals surface area contributed by atoms with Gasteiger partial charge in [0.1, 0.15) is 0 Å². The van der Waals surface area contributed by atoms with Crippen molar-refractivity contribution in [1.29, 1.82) is 0 Å². The average Bonchev–Trinajstić information content (AvgIpc) is 2.43. The summed E-state index contributed by atoms with van der Waals surface area (Å²) in [4.78, 5) is 4.91. The van der Waals surface area contributed by atoms with Crippen molar-refractivity contribution in [2.75, 3.05) is 33.7 Å². The summed E-state index contributed by atoms with van der Waals surface area (Å²) in [7, 11) is 4.46.